The highest BCUT2D eigenvalue weighted by Gasteiger charge is 2.45. The Hall–Kier alpha value is 0.354. The van der Waals surface area contributed by atoms with Gasteiger partial charge in [-0.05, 0) is 94.7 Å². The van der Waals surface area contributed by atoms with Crippen LogP contribution in [-0.2, 0) is 9.16 Å². The van der Waals surface area contributed by atoms with Crippen LogP contribution in [0.15, 0.2) is 0 Å². The largest absolute Gasteiger partial charge is 0.412 e. The van der Waals surface area contributed by atoms with Crippen molar-refractivity contribution >= 4 is 16.4 Å². The van der Waals surface area contributed by atoms with Crippen LogP contribution in [0.1, 0.15) is 105 Å². The van der Waals surface area contributed by atoms with Gasteiger partial charge >= 0.3 is 0 Å². The number of epoxide rings is 1. The van der Waals surface area contributed by atoms with Crippen molar-refractivity contribution in [1.29, 1.82) is 0 Å². The molecule has 0 amide bonds. The Kier molecular flexibility index (Phi) is 10.0. The zero-order valence-electron chi connectivity index (χ0n) is 24.5. The smallest absolute Gasteiger partial charge is 0.184 e. The lowest BCUT2D eigenvalue weighted by molar-refractivity contribution is -0.00368. The monoisotopic (exact) mass is 496 g/mol. The van der Waals surface area contributed by atoms with Crippen molar-refractivity contribution in [3.8, 4) is 0 Å². The third-order valence-electron chi connectivity index (χ3n) is 7.85. The van der Waals surface area contributed by atoms with Crippen molar-refractivity contribution in [3.63, 3.8) is 0 Å². The zero-order valence-corrected chi connectivity index (χ0v) is 26.5. The Labute approximate surface area is 210 Å². The maximum absolute atomic E-state index is 7.09. The summed E-state index contributed by atoms with van der Waals surface area (Å²) in [6, 6.07) is 1.42. The molecule has 1 aliphatic carbocycles. The molecule has 4 heteroatoms. The minimum absolute atomic E-state index is 0.00192. The second-order valence-electron chi connectivity index (χ2n) is 15.6. The molecule has 2 fully saturated rings. The van der Waals surface area contributed by atoms with E-state index in [-0.39, 0.29) is 5.60 Å². The van der Waals surface area contributed by atoms with E-state index in [9.17, 15) is 0 Å². The molecule has 0 radical (unpaired) electrons. The van der Waals surface area contributed by atoms with Gasteiger partial charge in [-0.3, -0.25) is 0 Å². The van der Waals surface area contributed by atoms with Crippen LogP contribution in [0.5, 0.6) is 0 Å². The predicted octanol–water partition coefficient (Wildman–Crippen LogP) is 9.68. The standard InChI is InChI=1S/C29H60O2Si2/c1-12-13-14-18-28(4,21-27(2,3)23-32(6,7)8)22-29(5,31-33(9,10)11)19-17-24-15-16-25-26(20-24)30-25/h24-26H,12-23H2,1-11H3. The SMILES string of the molecule is CCCCCC(C)(CC(C)(C)C[Si](C)(C)C)CC(C)(CCC1CCC2OC2C1)O[Si](C)(C)C. The second-order valence-corrected chi connectivity index (χ2v) is 25.5. The van der Waals surface area contributed by atoms with Gasteiger partial charge in [-0.15, -0.1) is 0 Å². The lowest BCUT2D eigenvalue weighted by Gasteiger charge is -2.47. The van der Waals surface area contributed by atoms with Gasteiger partial charge in [-0.25, -0.2) is 0 Å². The molecule has 0 aromatic carbocycles. The van der Waals surface area contributed by atoms with Crippen molar-refractivity contribution in [2.24, 2.45) is 16.7 Å². The van der Waals surface area contributed by atoms with Gasteiger partial charge in [0.1, 0.15) is 0 Å². The molecule has 2 rings (SSSR count). The zero-order chi connectivity index (χ0) is 25.1. The lowest BCUT2D eigenvalue weighted by Crippen LogP contribution is -2.45. The molecule has 1 heterocycles. The molecular weight excluding hydrogens is 436 g/mol. The van der Waals surface area contributed by atoms with Crippen molar-refractivity contribution in [2.75, 3.05) is 0 Å². The van der Waals surface area contributed by atoms with Crippen LogP contribution in [0, 0.1) is 16.7 Å². The number of hydrogen-bond acceptors (Lipinski definition) is 2. The Morgan fingerprint density at radius 3 is 2.06 bits per heavy atom. The third-order valence-corrected chi connectivity index (χ3v) is 11.0. The minimum Gasteiger partial charge on any atom is -0.412 e. The lowest BCUT2D eigenvalue weighted by atomic mass is 9.66. The summed E-state index contributed by atoms with van der Waals surface area (Å²) in [6.07, 6.45) is 15.6. The fourth-order valence-corrected chi connectivity index (χ4v) is 12.4. The topological polar surface area (TPSA) is 21.8 Å². The molecule has 5 atom stereocenters. The number of unbranched alkanes of at least 4 members (excludes halogenated alkanes) is 2. The maximum atomic E-state index is 7.09. The molecule has 0 aromatic rings. The van der Waals surface area contributed by atoms with E-state index in [0.717, 1.165) is 5.92 Å². The first kappa shape index (κ1) is 29.6. The summed E-state index contributed by atoms with van der Waals surface area (Å²) in [5, 5.41) is 0. The molecule has 2 nitrogen and oxygen atoms in total. The minimum atomic E-state index is -1.64. The Balaban J connectivity index is 2.16. The van der Waals surface area contributed by atoms with Crippen LogP contribution >= 0.6 is 0 Å². The Morgan fingerprint density at radius 1 is 0.848 bits per heavy atom. The van der Waals surface area contributed by atoms with Crippen LogP contribution in [0.2, 0.25) is 45.3 Å². The van der Waals surface area contributed by atoms with Crippen LogP contribution in [-0.4, -0.2) is 34.2 Å². The summed E-state index contributed by atoms with van der Waals surface area (Å²) in [5.74, 6) is 0.841. The predicted molar refractivity (Wildman–Crippen MR) is 151 cm³/mol. The van der Waals surface area contributed by atoms with Crippen LogP contribution in [0.3, 0.4) is 0 Å². The average molecular weight is 497 g/mol. The summed E-state index contributed by atoms with van der Waals surface area (Å²) in [4.78, 5) is 0. The van der Waals surface area contributed by atoms with E-state index in [1.807, 2.05) is 0 Å². The van der Waals surface area contributed by atoms with E-state index in [2.05, 4.69) is 73.9 Å². The van der Waals surface area contributed by atoms with E-state index in [4.69, 9.17) is 9.16 Å². The van der Waals surface area contributed by atoms with Crippen LogP contribution in [0.4, 0.5) is 0 Å². The van der Waals surface area contributed by atoms with Crippen molar-refractivity contribution < 1.29 is 9.16 Å². The van der Waals surface area contributed by atoms with Gasteiger partial charge in [0.25, 0.3) is 0 Å². The molecule has 0 spiro atoms. The van der Waals surface area contributed by atoms with E-state index in [0.29, 0.717) is 23.0 Å². The summed E-state index contributed by atoms with van der Waals surface area (Å²) >= 11 is 0. The van der Waals surface area contributed by atoms with E-state index < -0.39 is 16.4 Å². The Bertz CT molecular complexity index is 606. The van der Waals surface area contributed by atoms with Gasteiger partial charge in [0.2, 0.25) is 0 Å². The molecule has 1 saturated heterocycles. The van der Waals surface area contributed by atoms with E-state index >= 15 is 0 Å². The molecule has 0 N–H and O–H groups in total. The van der Waals surface area contributed by atoms with Crippen LogP contribution < -0.4 is 0 Å². The third kappa shape index (κ3) is 11.3. The van der Waals surface area contributed by atoms with Gasteiger partial charge in [0.15, 0.2) is 8.32 Å². The van der Waals surface area contributed by atoms with Crippen LogP contribution in [0.25, 0.3) is 0 Å². The van der Waals surface area contributed by atoms with E-state index in [1.54, 1.807) is 0 Å². The average Bonchev–Trinajstić information content (AvgIpc) is 3.34. The molecule has 33 heavy (non-hydrogen) atoms. The summed E-state index contributed by atoms with van der Waals surface area (Å²) in [6.45, 7) is 27.3. The first-order valence-corrected chi connectivity index (χ1v) is 21.4. The first-order valence-electron chi connectivity index (χ1n) is 14.3. The first-order chi connectivity index (χ1) is 14.9. The summed E-state index contributed by atoms with van der Waals surface area (Å²) < 4.78 is 12.9. The number of rotatable bonds is 15. The van der Waals surface area contributed by atoms with Crippen molar-refractivity contribution in [3.05, 3.63) is 0 Å². The highest BCUT2D eigenvalue weighted by atomic mass is 28.4. The molecule has 0 bridgehead atoms. The molecule has 2 aliphatic rings. The maximum Gasteiger partial charge on any atom is 0.184 e. The fourth-order valence-electron chi connectivity index (χ4n) is 7.77. The molecule has 1 saturated carbocycles. The summed E-state index contributed by atoms with van der Waals surface area (Å²) in [7, 11) is -2.74. The molecule has 0 aromatic heterocycles. The molecule has 196 valence electrons. The number of fused-ring (bicyclic) bond motifs is 1. The van der Waals surface area contributed by atoms with Gasteiger partial charge in [0.05, 0.1) is 17.8 Å². The van der Waals surface area contributed by atoms with Gasteiger partial charge in [-0.2, -0.15) is 0 Å². The number of ether oxygens (including phenoxy) is 1. The van der Waals surface area contributed by atoms with Crippen molar-refractivity contribution in [1.82, 2.24) is 0 Å². The normalized spacial score (nSPS) is 27.5. The number of hydrogen-bond donors (Lipinski definition) is 0. The second kappa shape index (κ2) is 11.2. The quantitative estimate of drug-likeness (QED) is 0.128. The molecule has 1 aliphatic heterocycles. The van der Waals surface area contributed by atoms with E-state index in [1.165, 1.54) is 76.7 Å². The molecule has 5 unspecified atom stereocenters. The highest BCUT2D eigenvalue weighted by Crippen LogP contribution is 2.49. The fraction of sp³-hybridized carbons (Fsp3) is 1.00. The van der Waals surface area contributed by atoms with Gasteiger partial charge in [-0.1, -0.05) is 72.6 Å². The molecular formula is C29H60O2Si2. The van der Waals surface area contributed by atoms with Gasteiger partial charge < -0.3 is 9.16 Å². The Morgan fingerprint density at radius 2 is 1.52 bits per heavy atom. The van der Waals surface area contributed by atoms with Crippen molar-refractivity contribution in [2.45, 2.75) is 168 Å². The highest BCUT2D eigenvalue weighted by molar-refractivity contribution is 6.76. The summed E-state index contributed by atoms with van der Waals surface area (Å²) in [5.41, 5.74) is 0.763. The van der Waals surface area contributed by atoms with Gasteiger partial charge in [0, 0.05) is 8.07 Å².